The van der Waals surface area contributed by atoms with Crippen molar-refractivity contribution in [1.82, 2.24) is 4.90 Å². The van der Waals surface area contributed by atoms with Crippen LogP contribution in [0.2, 0.25) is 0 Å². The first-order valence-corrected chi connectivity index (χ1v) is 11.3. The molecule has 0 atom stereocenters. The van der Waals surface area contributed by atoms with Gasteiger partial charge in [-0.25, -0.2) is 13.2 Å². The molecule has 0 spiro atoms. The molecule has 7 heteroatoms. The van der Waals surface area contributed by atoms with E-state index in [1.165, 1.54) is 24.3 Å². The first kappa shape index (κ1) is 20.9. The summed E-state index contributed by atoms with van der Waals surface area (Å²) in [6.07, 6.45) is 1.78. The van der Waals surface area contributed by atoms with Crippen molar-refractivity contribution in [3.63, 3.8) is 0 Å². The Bertz CT molecular complexity index is 958. The molecule has 152 valence electrons. The van der Waals surface area contributed by atoms with Crippen LogP contribution in [0.5, 0.6) is 0 Å². The highest BCUT2D eigenvalue weighted by Crippen LogP contribution is 2.23. The smallest absolute Gasteiger partial charge is 0.410 e. The standard InChI is InChI=1S/C22H24N2O4S/c23-16-19-6-8-21(9-7-19)29(26,27)15-12-18-10-13-24(14-11-18)22(25)28-17-20-4-2-1-3-5-20/h1-9,18H,10-15,17H2. The number of nitriles is 1. The van der Waals surface area contributed by atoms with Gasteiger partial charge in [0.15, 0.2) is 9.84 Å². The van der Waals surface area contributed by atoms with Gasteiger partial charge in [-0.3, -0.25) is 0 Å². The first-order valence-electron chi connectivity index (χ1n) is 9.66. The van der Waals surface area contributed by atoms with Crippen molar-refractivity contribution < 1.29 is 17.9 Å². The van der Waals surface area contributed by atoms with E-state index >= 15 is 0 Å². The van der Waals surface area contributed by atoms with Crippen molar-refractivity contribution in [2.45, 2.75) is 30.8 Å². The van der Waals surface area contributed by atoms with Crippen LogP contribution in [-0.2, 0) is 21.2 Å². The van der Waals surface area contributed by atoms with Crippen molar-refractivity contribution in [1.29, 1.82) is 5.26 Å². The van der Waals surface area contributed by atoms with Gasteiger partial charge in [0.2, 0.25) is 0 Å². The molecule has 1 fully saturated rings. The number of piperidine rings is 1. The minimum absolute atomic E-state index is 0.0714. The zero-order valence-corrected chi connectivity index (χ0v) is 17.0. The molecule has 1 aliphatic rings. The van der Waals surface area contributed by atoms with Crippen LogP contribution in [0.4, 0.5) is 4.79 Å². The molecule has 3 rings (SSSR count). The summed E-state index contributed by atoms with van der Waals surface area (Å²) in [6.45, 7) is 1.41. The number of carbonyl (C=O) groups is 1. The Hall–Kier alpha value is -2.85. The van der Waals surface area contributed by atoms with Gasteiger partial charge in [0.1, 0.15) is 6.61 Å². The summed E-state index contributed by atoms with van der Waals surface area (Å²) in [4.78, 5) is 14.2. The third-order valence-corrected chi connectivity index (χ3v) is 6.98. The van der Waals surface area contributed by atoms with Crippen molar-refractivity contribution in [3.05, 3.63) is 65.7 Å². The van der Waals surface area contributed by atoms with Gasteiger partial charge >= 0.3 is 6.09 Å². The molecule has 0 bridgehead atoms. The van der Waals surface area contributed by atoms with Crippen LogP contribution in [0.3, 0.4) is 0 Å². The number of sulfone groups is 1. The van der Waals surface area contributed by atoms with E-state index in [9.17, 15) is 13.2 Å². The molecule has 0 radical (unpaired) electrons. The Balaban J connectivity index is 1.43. The van der Waals surface area contributed by atoms with Crippen LogP contribution in [-0.4, -0.2) is 38.3 Å². The molecule has 29 heavy (non-hydrogen) atoms. The molecule has 2 aromatic carbocycles. The Labute approximate surface area is 171 Å². The third kappa shape index (κ3) is 5.81. The number of carbonyl (C=O) groups excluding carboxylic acids is 1. The number of nitrogens with zero attached hydrogens (tertiary/aromatic N) is 2. The number of hydrogen-bond donors (Lipinski definition) is 0. The fourth-order valence-corrected chi connectivity index (χ4v) is 4.82. The number of likely N-dealkylation sites (tertiary alicyclic amines) is 1. The van der Waals surface area contributed by atoms with Crippen molar-refractivity contribution in [3.8, 4) is 6.07 Å². The van der Waals surface area contributed by atoms with E-state index < -0.39 is 9.84 Å². The van der Waals surface area contributed by atoms with Crippen LogP contribution in [0.25, 0.3) is 0 Å². The first-order chi connectivity index (χ1) is 14.0. The van der Waals surface area contributed by atoms with Crippen LogP contribution in [0.15, 0.2) is 59.5 Å². The highest BCUT2D eigenvalue weighted by Gasteiger charge is 2.25. The molecule has 0 N–H and O–H groups in total. The number of rotatable bonds is 6. The lowest BCUT2D eigenvalue weighted by Crippen LogP contribution is -2.39. The van der Waals surface area contributed by atoms with E-state index in [0.29, 0.717) is 25.1 Å². The largest absolute Gasteiger partial charge is 0.445 e. The zero-order valence-electron chi connectivity index (χ0n) is 16.2. The van der Waals surface area contributed by atoms with Crippen LogP contribution in [0, 0.1) is 17.2 Å². The normalized spacial score (nSPS) is 14.9. The molecule has 1 amide bonds. The minimum atomic E-state index is -3.37. The molecule has 1 aliphatic heterocycles. The van der Waals surface area contributed by atoms with Gasteiger partial charge in [0, 0.05) is 13.1 Å². The van der Waals surface area contributed by atoms with E-state index in [1.54, 1.807) is 4.90 Å². The zero-order chi connectivity index (χ0) is 20.7. The molecule has 6 nitrogen and oxygen atoms in total. The Morgan fingerprint density at radius 2 is 1.72 bits per heavy atom. The van der Waals surface area contributed by atoms with E-state index in [4.69, 9.17) is 10.00 Å². The van der Waals surface area contributed by atoms with E-state index in [1.807, 2.05) is 36.4 Å². The molecule has 0 aliphatic carbocycles. The summed E-state index contributed by atoms with van der Waals surface area (Å²) in [6, 6.07) is 17.5. The third-order valence-electron chi connectivity index (χ3n) is 5.22. The Morgan fingerprint density at radius 3 is 2.34 bits per heavy atom. The molecular weight excluding hydrogens is 388 g/mol. The van der Waals surface area contributed by atoms with Gasteiger partial charge in [-0.1, -0.05) is 30.3 Å². The van der Waals surface area contributed by atoms with E-state index in [2.05, 4.69) is 0 Å². The molecule has 1 heterocycles. The lowest BCUT2D eigenvalue weighted by Gasteiger charge is -2.31. The summed E-state index contributed by atoms with van der Waals surface area (Å²) in [5, 5.41) is 8.82. The maximum Gasteiger partial charge on any atom is 0.410 e. The van der Waals surface area contributed by atoms with Crippen LogP contribution in [0.1, 0.15) is 30.4 Å². The Kier molecular flexibility index (Phi) is 6.89. The van der Waals surface area contributed by atoms with Crippen LogP contribution >= 0.6 is 0 Å². The van der Waals surface area contributed by atoms with Gasteiger partial charge in [-0.15, -0.1) is 0 Å². The lowest BCUT2D eigenvalue weighted by molar-refractivity contribution is 0.0820. The van der Waals surface area contributed by atoms with Crippen molar-refractivity contribution in [2.24, 2.45) is 5.92 Å². The molecule has 2 aromatic rings. The summed E-state index contributed by atoms with van der Waals surface area (Å²) in [5.41, 5.74) is 1.39. The topological polar surface area (TPSA) is 87.5 Å². The lowest BCUT2D eigenvalue weighted by atomic mass is 9.95. The van der Waals surface area contributed by atoms with Gasteiger partial charge in [0.25, 0.3) is 0 Å². The second-order valence-corrected chi connectivity index (χ2v) is 9.32. The highest BCUT2D eigenvalue weighted by molar-refractivity contribution is 7.91. The fourth-order valence-electron chi connectivity index (χ4n) is 3.39. The summed E-state index contributed by atoms with van der Waals surface area (Å²) >= 11 is 0. The molecular formula is C22H24N2O4S. The maximum atomic E-state index is 12.5. The minimum Gasteiger partial charge on any atom is -0.445 e. The maximum absolute atomic E-state index is 12.5. The van der Waals surface area contributed by atoms with Gasteiger partial charge in [-0.05, 0) is 55.0 Å². The SMILES string of the molecule is N#Cc1ccc(S(=O)(=O)CCC2CCN(C(=O)OCc3ccccc3)CC2)cc1. The average molecular weight is 413 g/mol. The number of hydrogen-bond acceptors (Lipinski definition) is 5. The number of amides is 1. The van der Waals surface area contributed by atoms with Gasteiger partial charge < -0.3 is 9.64 Å². The van der Waals surface area contributed by atoms with Crippen LogP contribution < -0.4 is 0 Å². The predicted octanol–water partition coefficient (Wildman–Crippen LogP) is 3.77. The second-order valence-electron chi connectivity index (χ2n) is 7.21. The average Bonchev–Trinajstić information content (AvgIpc) is 2.77. The quantitative estimate of drug-likeness (QED) is 0.721. The fraction of sp³-hybridized carbons (Fsp3) is 0.364. The summed E-state index contributed by atoms with van der Waals surface area (Å²) < 4.78 is 30.4. The summed E-state index contributed by atoms with van der Waals surface area (Å²) in [5.74, 6) is 0.337. The second kappa shape index (κ2) is 9.57. The van der Waals surface area contributed by atoms with E-state index in [0.717, 1.165) is 18.4 Å². The molecule has 0 saturated carbocycles. The Morgan fingerprint density at radius 1 is 1.07 bits per heavy atom. The van der Waals surface area contributed by atoms with Crippen molar-refractivity contribution >= 4 is 15.9 Å². The molecule has 1 saturated heterocycles. The molecule has 0 aromatic heterocycles. The van der Waals surface area contributed by atoms with Crippen molar-refractivity contribution in [2.75, 3.05) is 18.8 Å². The highest BCUT2D eigenvalue weighted by atomic mass is 32.2. The molecule has 0 unspecified atom stereocenters. The van der Waals surface area contributed by atoms with E-state index in [-0.39, 0.29) is 29.3 Å². The number of benzene rings is 2. The monoisotopic (exact) mass is 412 g/mol. The number of ether oxygens (including phenoxy) is 1. The van der Waals surface area contributed by atoms with Gasteiger partial charge in [0.05, 0.1) is 22.3 Å². The summed E-state index contributed by atoms with van der Waals surface area (Å²) in [7, 11) is -3.37. The van der Waals surface area contributed by atoms with Gasteiger partial charge in [-0.2, -0.15) is 5.26 Å². The predicted molar refractivity (Wildman–Crippen MR) is 109 cm³/mol.